The minimum atomic E-state index is -0.385. The van der Waals surface area contributed by atoms with Crippen molar-refractivity contribution < 1.29 is 24.2 Å². The fourth-order valence-electron chi connectivity index (χ4n) is 4.09. The van der Waals surface area contributed by atoms with Crippen LogP contribution in [0, 0.1) is 0 Å². The Morgan fingerprint density at radius 2 is 2.03 bits per heavy atom. The number of aromatic hydroxyl groups is 1. The maximum atomic E-state index is 12.2. The number of fused-ring (bicyclic) bond motifs is 1. The lowest BCUT2D eigenvalue weighted by Gasteiger charge is -2.16. The average molecular weight is 437 g/mol. The molecule has 0 bridgehead atoms. The normalized spacial score (nSPS) is 13.7. The summed E-state index contributed by atoms with van der Waals surface area (Å²) in [5.74, 6) is 0.937. The number of hydrogen-bond acceptors (Lipinski definition) is 6. The molecule has 1 aliphatic heterocycles. The number of nitrogens with zero attached hydrogens (tertiary/aromatic N) is 3. The van der Waals surface area contributed by atoms with E-state index in [9.17, 15) is 14.7 Å². The number of esters is 1. The van der Waals surface area contributed by atoms with E-state index in [-0.39, 0.29) is 17.6 Å². The molecular weight excluding hydrogens is 410 g/mol. The van der Waals surface area contributed by atoms with Crippen LogP contribution >= 0.6 is 0 Å². The molecule has 0 spiro atoms. The van der Waals surface area contributed by atoms with Crippen LogP contribution < -0.4 is 4.74 Å². The van der Waals surface area contributed by atoms with E-state index >= 15 is 0 Å². The number of imidazole rings is 1. The number of rotatable bonds is 8. The largest absolute Gasteiger partial charge is 0.504 e. The first-order valence-corrected chi connectivity index (χ1v) is 10.8. The predicted molar refractivity (Wildman–Crippen MR) is 120 cm³/mol. The smallest absolute Gasteiger partial charge is 0.338 e. The van der Waals surface area contributed by atoms with Gasteiger partial charge >= 0.3 is 5.97 Å². The Bertz CT molecular complexity index is 1150. The number of phenolic OH excluding ortho intramolecular Hbond substituents is 1. The first kappa shape index (κ1) is 21.7. The Morgan fingerprint density at radius 3 is 2.75 bits per heavy atom. The van der Waals surface area contributed by atoms with Crippen molar-refractivity contribution in [3.8, 4) is 22.9 Å². The van der Waals surface area contributed by atoms with E-state index in [1.54, 1.807) is 37.3 Å². The number of aromatic nitrogens is 2. The molecule has 0 unspecified atom stereocenters. The molecule has 2 aromatic carbocycles. The van der Waals surface area contributed by atoms with Crippen LogP contribution in [0.3, 0.4) is 0 Å². The number of methoxy groups -OCH3 is 1. The average Bonchev–Trinajstić information content (AvgIpc) is 3.37. The molecule has 0 saturated carbocycles. The number of carbonyl (C=O) groups excluding carboxylic acids is 2. The van der Waals surface area contributed by atoms with Crippen LogP contribution in [0.15, 0.2) is 36.4 Å². The first-order valence-electron chi connectivity index (χ1n) is 10.8. The summed E-state index contributed by atoms with van der Waals surface area (Å²) in [7, 11) is 1.50. The number of hydrogen-bond donors (Lipinski definition) is 1. The van der Waals surface area contributed by atoms with Gasteiger partial charge in [0, 0.05) is 31.6 Å². The standard InChI is InChI=1S/C24H27N3O5/c1-3-32-24(30)17-7-9-19-18(14-17)25-23(16-8-10-20(28)21(15-16)31-2)27(19)13-5-12-26-11-4-6-22(26)29/h7-10,14-15,28H,3-6,11-13H2,1-2H3. The van der Waals surface area contributed by atoms with E-state index in [0.717, 1.165) is 30.5 Å². The summed E-state index contributed by atoms with van der Waals surface area (Å²) in [6, 6.07) is 10.4. The minimum Gasteiger partial charge on any atom is -0.504 e. The molecule has 1 saturated heterocycles. The maximum Gasteiger partial charge on any atom is 0.338 e. The SMILES string of the molecule is CCOC(=O)c1ccc2c(c1)nc(-c1ccc(O)c(OC)c1)n2CCCN1CCCC1=O. The third-order valence-electron chi connectivity index (χ3n) is 5.68. The van der Waals surface area contributed by atoms with Crippen molar-refractivity contribution in [3.63, 3.8) is 0 Å². The van der Waals surface area contributed by atoms with Crippen molar-refractivity contribution in [2.75, 3.05) is 26.8 Å². The zero-order chi connectivity index (χ0) is 22.7. The zero-order valence-electron chi connectivity index (χ0n) is 18.3. The summed E-state index contributed by atoms with van der Waals surface area (Å²) in [5.41, 5.74) is 2.79. The highest BCUT2D eigenvalue weighted by atomic mass is 16.5. The van der Waals surface area contributed by atoms with E-state index in [1.807, 2.05) is 11.0 Å². The Morgan fingerprint density at radius 1 is 1.19 bits per heavy atom. The second-order valence-corrected chi connectivity index (χ2v) is 7.74. The summed E-state index contributed by atoms with van der Waals surface area (Å²) >= 11 is 0. The lowest BCUT2D eigenvalue weighted by molar-refractivity contribution is -0.127. The van der Waals surface area contributed by atoms with E-state index < -0.39 is 0 Å². The minimum absolute atomic E-state index is 0.0519. The fraction of sp³-hybridized carbons (Fsp3) is 0.375. The molecule has 8 heteroatoms. The number of aryl methyl sites for hydroxylation is 1. The monoisotopic (exact) mass is 437 g/mol. The van der Waals surface area contributed by atoms with E-state index in [0.29, 0.717) is 48.8 Å². The van der Waals surface area contributed by atoms with Crippen molar-refractivity contribution in [3.05, 3.63) is 42.0 Å². The summed E-state index contributed by atoms with van der Waals surface area (Å²) < 4.78 is 12.5. The number of benzene rings is 2. The predicted octanol–water partition coefficient (Wildman–Crippen LogP) is 3.61. The zero-order valence-corrected chi connectivity index (χ0v) is 18.3. The highest BCUT2D eigenvalue weighted by Crippen LogP contribution is 2.33. The number of carbonyl (C=O) groups is 2. The lowest BCUT2D eigenvalue weighted by Crippen LogP contribution is -2.26. The topological polar surface area (TPSA) is 93.9 Å². The van der Waals surface area contributed by atoms with Crippen molar-refractivity contribution in [2.24, 2.45) is 0 Å². The van der Waals surface area contributed by atoms with Crippen molar-refractivity contribution >= 4 is 22.9 Å². The second kappa shape index (κ2) is 9.30. The Labute approximate surface area is 186 Å². The molecule has 0 radical (unpaired) electrons. The van der Waals surface area contributed by atoms with Crippen molar-refractivity contribution in [1.29, 1.82) is 0 Å². The van der Waals surface area contributed by atoms with Gasteiger partial charge in [-0.25, -0.2) is 9.78 Å². The van der Waals surface area contributed by atoms with E-state index in [2.05, 4.69) is 4.57 Å². The molecule has 1 aromatic heterocycles. The number of ether oxygens (including phenoxy) is 2. The second-order valence-electron chi connectivity index (χ2n) is 7.74. The third kappa shape index (κ3) is 4.26. The summed E-state index contributed by atoms with van der Waals surface area (Å²) in [6.07, 6.45) is 2.32. The van der Waals surface area contributed by atoms with Gasteiger partial charge in [0.1, 0.15) is 5.82 Å². The van der Waals surface area contributed by atoms with Gasteiger partial charge < -0.3 is 24.0 Å². The van der Waals surface area contributed by atoms with Crippen molar-refractivity contribution in [2.45, 2.75) is 32.7 Å². The van der Waals surface area contributed by atoms with Gasteiger partial charge in [-0.05, 0) is 56.2 Å². The van der Waals surface area contributed by atoms with Crippen LogP contribution in [0.5, 0.6) is 11.5 Å². The molecule has 1 amide bonds. The van der Waals surface area contributed by atoms with Crippen LogP contribution in [0.2, 0.25) is 0 Å². The molecule has 1 aliphatic rings. The summed E-state index contributed by atoms with van der Waals surface area (Å²) in [6.45, 7) is 4.23. The molecule has 4 rings (SSSR count). The molecule has 1 fully saturated rings. The molecule has 8 nitrogen and oxygen atoms in total. The van der Waals surface area contributed by atoms with E-state index in [1.165, 1.54) is 7.11 Å². The molecular formula is C24H27N3O5. The van der Waals surface area contributed by atoms with Gasteiger partial charge in [0.15, 0.2) is 11.5 Å². The number of likely N-dealkylation sites (tertiary alicyclic amines) is 1. The van der Waals surface area contributed by atoms with Crippen LogP contribution in [0.4, 0.5) is 0 Å². The van der Waals surface area contributed by atoms with Gasteiger partial charge in [-0.15, -0.1) is 0 Å². The molecule has 32 heavy (non-hydrogen) atoms. The first-order chi connectivity index (χ1) is 15.5. The summed E-state index contributed by atoms with van der Waals surface area (Å²) in [4.78, 5) is 30.8. The van der Waals surface area contributed by atoms with Gasteiger partial charge in [0.2, 0.25) is 5.91 Å². The molecule has 0 atom stereocenters. The quantitative estimate of drug-likeness (QED) is 0.541. The maximum absolute atomic E-state index is 12.2. The number of phenols is 1. The van der Waals surface area contributed by atoms with Crippen LogP contribution in [0.25, 0.3) is 22.4 Å². The van der Waals surface area contributed by atoms with Crippen molar-refractivity contribution in [1.82, 2.24) is 14.5 Å². The highest BCUT2D eigenvalue weighted by Gasteiger charge is 2.21. The van der Waals surface area contributed by atoms with Gasteiger partial charge in [0.05, 0.1) is 30.3 Å². The fourth-order valence-corrected chi connectivity index (χ4v) is 4.09. The van der Waals surface area contributed by atoms with Crippen LogP contribution in [0.1, 0.15) is 36.5 Å². The molecule has 0 aliphatic carbocycles. The molecule has 168 valence electrons. The Balaban J connectivity index is 1.71. The van der Waals surface area contributed by atoms with Gasteiger partial charge in [0.25, 0.3) is 0 Å². The lowest BCUT2D eigenvalue weighted by atomic mass is 10.2. The van der Waals surface area contributed by atoms with Gasteiger partial charge in [-0.3, -0.25) is 4.79 Å². The Hall–Kier alpha value is -3.55. The summed E-state index contributed by atoms with van der Waals surface area (Å²) in [5, 5.41) is 9.99. The van der Waals surface area contributed by atoms with Crippen LogP contribution in [-0.4, -0.2) is 58.2 Å². The van der Waals surface area contributed by atoms with Gasteiger partial charge in [-0.1, -0.05) is 0 Å². The number of amides is 1. The van der Waals surface area contributed by atoms with E-state index in [4.69, 9.17) is 14.5 Å². The highest BCUT2D eigenvalue weighted by molar-refractivity contribution is 5.94. The molecule has 3 aromatic rings. The molecule has 1 N–H and O–H groups in total. The molecule has 2 heterocycles. The van der Waals surface area contributed by atoms with Crippen LogP contribution in [-0.2, 0) is 16.1 Å². The Kier molecular flexibility index (Phi) is 6.30. The van der Waals surface area contributed by atoms with Gasteiger partial charge in [-0.2, -0.15) is 0 Å². The third-order valence-corrected chi connectivity index (χ3v) is 5.68.